The number of hydrogen-bond acceptors (Lipinski definition) is 2. The van der Waals surface area contributed by atoms with Crippen LogP contribution in [0.25, 0.3) is 0 Å². The van der Waals surface area contributed by atoms with Crippen LogP contribution in [-0.4, -0.2) is 37.6 Å². The van der Waals surface area contributed by atoms with Gasteiger partial charge in [-0.25, -0.2) is 0 Å². The fraction of sp³-hybridized carbons (Fsp3) is 0.846. The standard InChI is InChI=1S/C13H25ClN2/c1-16(13-7-3-2-4-8-13)12-6-11-15-10-5-9-14/h5,9,13,15H,2-4,6-8,10-12H2,1H3/b9-5+. The van der Waals surface area contributed by atoms with Gasteiger partial charge in [0, 0.05) is 18.1 Å². The molecule has 16 heavy (non-hydrogen) atoms. The lowest BCUT2D eigenvalue weighted by atomic mass is 9.94. The fourth-order valence-corrected chi connectivity index (χ4v) is 2.48. The summed E-state index contributed by atoms with van der Waals surface area (Å²) < 4.78 is 0. The molecule has 1 fully saturated rings. The third kappa shape index (κ3) is 5.88. The molecule has 0 aromatic carbocycles. The summed E-state index contributed by atoms with van der Waals surface area (Å²) >= 11 is 5.44. The van der Waals surface area contributed by atoms with Crippen molar-refractivity contribution in [3.05, 3.63) is 11.6 Å². The Bertz CT molecular complexity index is 188. The van der Waals surface area contributed by atoms with E-state index in [1.807, 2.05) is 6.08 Å². The maximum Gasteiger partial charge on any atom is 0.0146 e. The second kappa shape index (κ2) is 9.03. The molecule has 1 rings (SSSR count). The van der Waals surface area contributed by atoms with Gasteiger partial charge in [0.25, 0.3) is 0 Å². The lowest BCUT2D eigenvalue weighted by Crippen LogP contribution is -2.35. The second-order valence-corrected chi connectivity index (χ2v) is 4.94. The third-order valence-electron chi connectivity index (χ3n) is 3.41. The first kappa shape index (κ1) is 14.0. The first-order valence-electron chi connectivity index (χ1n) is 6.51. The highest BCUT2D eigenvalue weighted by atomic mass is 35.5. The minimum Gasteiger partial charge on any atom is -0.313 e. The quantitative estimate of drug-likeness (QED) is 0.693. The number of hydrogen-bond donors (Lipinski definition) is 1. The van der Waals surface area contributed by atoms with Crippen molar-refractivity contribution in [1.82, 2.24) is 10.2 Å². The molecule has 3 heteroatoms. The summed E-state index contributed by atoms with van der Waals surface area (Å²) in [4.78, 5) is 2.54. The van der Waals surface area contributed by atoms with Gasteiger partial charge in [0.2, 0.25) is 0 Å². The lowest BCUT2D eigenvalue weighted by Gasteiger charge is -2.31. The molecule has 0 unspecified atom stereocenters. The number of rotatable bonds is 7. The largest absolute Gasteiger partial charge is 0.313 e. The van der Waals surface area contributed by atoms with Gasteiger partial charge >= 0.3 is 0 Å². The van der Waals surface area contributed by atoms with E-state index in [0.29, 0.717) is 0 Å². The Hall–Kier alpha value is -0.0500. The molecule has 2 nitrogen and oxygen atoms in total. The molecule has 0 radical (unpaired) electrons. The van der Waals surface area contributed by atoms with Gasteiger partial charge in [-0.05, 0) is 39.4 Å². The van der Waals surface area contributed by atoms with E-state index in [9.17, 15) is 0 Å². The summed E-state index contributed by atoms with van der Waals surface area (Å²) in [5.41, 5.74) is 1.57. The molecule has 0 aromatic heterocycles. The van der Waals surface area contributed by atoms with E-state index in [1.165, 1.54) is 45.1 Å². The van der Waals surface area contributed by atoms with Crippen molar-refractivity contribution in [1.29, 1.82) is 0 Å². The van der Waals surface area contributed by atoms with Crippen LogP contribution in [0.1, 0.15) is 38.5 Å². The summed E-state index contributed by atoms with van der Waals surface area (Å²) in [6.45, 7) is 3.18. The molecule has 1 aliphatic rings. The average molecular weight is 245 g/mol. The monoisotopic (exact) mass is 244 g/mol. The zero-order valence-electron chi connectivity index (χ0n) is 10.4. The van der Waals surface area contributed by atoms with Crippen LogP contribution in [-0.2, 0) is 0 Å². The highest BCUT2D eigenvalue weighted by molar-refractivity contribution is 6.25. The van der Waals surface area contributed by atoms with E-state index in [-0.39, 0.29) is 0 Å². The third-order valence-corrected chi connectivity index (χ3v) is 3.59. The molecule has 0 bridgehead atoms. The van der Waals surface area contributed by atoms with E-state index in [2.05, 4.69) is 17.3 Å². The second-order valence-electron chi connectivity index (χ2n) is 4.69. The normalized spacial score (nSPS) is 18.7. The first-order chi connectivity index (χ1) is 7.84. The minimum atomic E-state index is 0.844. The van der Waals surface area contributed by atoms with Crippen LogP contribution in [0, 0.1) is 0 Å². The number of halogens is 1. The van der Waals surface area contributed by atoms with Gasteiger partial charge in [0.05, 0.1) is 0 Å². The van der Waals surface area contributed by atoms with Crippen LogP contribution in [0.2, 0.25) is 0 Å². The van der Waals surface area contributed by atoms with E-state index in [0.717, 1.165) is 19.1 Å². The molecule has 1 N–H and O–H groups in total. The van der Waals surface area contributed by atoms with Gasteiger partial charge in [0.1, 0.15) is 0 Å². The highest BCUT2D eigenvalue weighted by Crippen LogP contribution is 2.21. The van der Waals surface area contributed by atoms with Gasteiger partial charge < -0.3 is 10.2 Å². The van der Waals surface area contributed by atoms with Crippen molar-refractivity contribution in [2.75, 3.05) is 26.7 Å². The van der Waals surface area contributed by atoms with E-state index in [1.54, 1.807) is 5.54 Å². The molecule has 1 saturated carbocycles. The SMILES string of the molecule is CN(CCCNC/C=C/Cl)C1CCCCC1. The summed E-state index contributed by atoms with van der Waals surface area (Å²) in [5.74, 6) is 0. The lowest BCUT2D eigenvalue weighted by molar-refractivity contribution is 0.190. The summed E-state index contributed by atoms with van der Waals surface area (Å²) in [6.07, 6.45) is 10.3. The predicted molar refractivity (Wildman–Crippen MR) is 72.0 cm³/mol. The molecule has 0 aliphatic heterocycles. The number of nitrogens with zero attached hydrogens (tertiary/aromatic N) is 1. The molecule has 0 spiro atoms. The highest BCUT2D eigenvalue weighted by Gasteiger charge is 2.16. The molecule has 0 atom stereocenters. The minimum absolute atomic E-state index is 0.844. The Morgan fingerprint density at radius 2 is 2.06 bits per heavy atom. The van der Waals surface area contributed by atoms with Crippen molar-refractivity contribution in [3.63, 3.8) is 0 Å². The zero-order valence-corrected chi connectivity index (χ0v) is 11.2. The van der Waals surface area contributed by atoms with Crippen molar-refractivity contribution in [2.45, 2.75) is 44.6 Å². The fourth-order valence-electron chi connectivity index (χ4n) is 2.39. The van der Waals surface area contributed by atoms with Crippen LogP contribution < -0.4 is 5.32 Å². The van der Waals surface area contributed by atoms with Gasteiger partial charge in [0.15, 0.2) is 0 Å². The molecule has 0 saturated heterocycles. The van der Waals surface area contributed by atoms with Crippen LogP contribution in [0.3, 0.4) is 0 Å². The van der Waals surface area contributed by atoms with Crippen LogP contribution in [0.4, 0.5) is 0 Å². The molecule has 0 amide bonds. The Balaban J connectivity index is 1.98. The molecule has 0 aromatic rings. The smallest absolute Gasteiger partial charge is 0.0146 e. The van der Waals surface area contributed by atoms with Crippen LogP contribution >= 0.6 is 11.6 Å². The molecule has 0 heterocycles. The molecule has 1 aliphatic carbocycles. The molecule has 94 valence electrons. The average Bonchev–Trinajstić information content (AvgIpc) is 2.34. The number of nitrogens with one attached hydrogen (secondary N) is 1. The van der Waals surface area contributed by atoms with Crippen molar-refractivity contribution in [2.24, 2.45) is 0 Å². The first-order valence-corrected chi connectivity index (χ1v) is 6.94. The van der Waals surface area contributed by atoms with Gasteiger partial charge in [-0.15, -0.1) is 0 Å². The maximum atomic E-state index is 5.44. The van der Waals surface area contributed by atoms with Gasteiger partial charge in [-0.1, -0.05) is 36.9 Å². The van der Waals surface area contributed by atoms with Gasteiger partial charge in [-0.3, -0.25) is 0 Å². The van der Waals surface area contributed by atoms with Crippen LogP contribution in [0.5, 0.6) is 0 Å². The molecular formula is C13H25ClN2. The Labute approximate surface area is 105 Å². The van der Waals surface area contributed by atoms with Crippen molar-refractivity contribution >= 4 is 11.6 Å². The van der Waals surface area contributed by atoms with Crippen molar-refractivity contribution in [3.8, 4) is 0 Å². The van der Waals surface area contributed by atoms with Crippen LogP contribution in [0.15, 0.2) is 11.6 Å². The Kier molecular flexibility index (Phi) is 7.91. The topological polar surface area (TPSA) is 15.3 Å². The summed E-state index contributed by atoms with van der Waals surface area (Å²) in [7, 11) is 2.27. The Morgan fingerprint density at radius 3 is 2.75 bits per heavy atom. The summed E-state index contributed by atoms with van der Waals surface area (Å²) in [5, 5.41) is 3.35. The maximum absolute atomic E-state index is 5.44. The zero-order chi connectivity index (χ0) is 11.6. The summed E-state index contributed by atoms with van der Waals surface area (Å²) in [6, 6.07) is 0.844. The molecular weight excluding hydrogens is 220 g/mol. The predicted octanol–water partition coefficient (Wildman–Crippen LogP) is 2.98. The van der Waals surface area contributed by atoms with Gasteiger partial charge in [-0.2, -0.15) is 0 Å². The van der Waals surface area contributed by atoms with E-state index < -0.39 is 0 Å². The van der Waals surface area contributed by atoms with E-state index >= 15 is 0 Å². The van der Waals surface area contributed by atoms with Crippen molar-refractivity contribution < 1.29 is 0 Å². The van der Waals surface area contributed by atoms with E-state index in [4.69, 9.17) is 11.6 Å². The Morgan fingerprint density at radius 1 is 1.31 bits per heavy atom.